The maximum atomic E-state index is 2.45. The molecule has 11 rings (SSSR count). The number of benzene rings is 8. The number of rotatable bonds is 5. The van der Waals surface area contributed by atoms with E-state index in [1.165, 1.54) is 94.5 Å². The summed E-state index contributed by atoms with van der Waals surface area (Å²) in [6.45, 7) is 4.72. The highest BCUT2D eigenvalue weighted by molar-refractivity contribution is 6.10. The van der Waals surface area contributed by atoms with E-state index < -0.39 is 0 Å². The maximum absolute atomic E-state index is 2.45. The van der Waals surface area contributed by atoms with Gasteiger partial charge in [-0.05, 0) is 129 Å². The molecule has 0 amide bonds. The molecule has 0 N–H and O–H groups in total. The van der Waals surface area contributed by atoms with Crippen LogP contribution in [0.3, 0.4) is 0 Å². The minimum absolute atomic E-state index is 0.0840. The summed E-state index contributed by atoms with van der Waals surface area (Å²) in [7, 11) is 0. The number of aromatic nitrogens is 1. The lowest BCUT2D eigenvalue weighted by Gasteiger charge is -2.28. The molecule has 54 heavy (non-hydrogen) atoms. The number of anilines is 3. The molecular weight excluding hydrogens is 653 g/mol. The molecule has 8 aromatic carbocycles. The van der Waals surface area contributed by atoms with Gasteiger partial charge in [0.05, 0.1) is 11.0 Å². The van der Waals surface area contributed by atoms with Gasteiger partial charge < -0.3 is 9.47 Å². The molecule has 0 fully saturated rings. The Morgan fingerprint density at radius 1 is 0.426 bits per heavy atom. The second-order valence-electron chi connectivity index (χ2n) is 15.4. The van der Waals surface area contributed by atoms with Gasteiger partial charge in [0.25, 0.3) is 0 Å². The van der Waals surface area contributed by atoms with Crippen molar-refractivity contribution >= 4 is 38.9 Å². The van der Waals surface area contributed by atoms with E-state index in [4.69, 9.17) is 0 Å². The van der Waals surface area contributed by atoms with Crippen LogP contribution in [-0.4, -0.2) is 4.57 Å². The van der Waals surface area contributed by atoms with E-state index >= 15 is 0 Å². The molecule has 1 heterocycles. The molecule has 0 unspecified atom stereocenters. The van der Waals surface area contributed by atoms with Crippen molar-refractivity contribution in [3.8, 4) is 39.1 Å². The summed E-state index contributed by atoms with van der Waals surface area (Å²) in [5.74, 6) is 0. The zero-order valence-electron chi connectivity index (χ0n) is 30.4. The summed E-state index contributed by atoms with van der Waals surface area (Å²) in [6, 6.07) is 67.3. The topological polar surface area (TPSA) is 8.17 Å². The molecular formula is C52H38N2. The van der Waals surface area contributed by atoms with Gasteiger partial charge >= 0.3 is 0 Å². The number of nitrogens with zero attached hydrogens (tertiary/aromatic N) is 2. The number of para-hydroxylation sites is 2. The second-order valence-corrected chi connectivity index (χ2v) is 15.4. The first-order chi connectivity index (χ1) is 26.5. The van der Waals surface area contributed by atoms with Gasteiger partial charge in [-0.25, -0.2) is 0 Å². The molecule has 0 aliphatic heterocycles. The first-order valence-electron chi connectivity index (χ1n) is 19.0. The lowest BCUT2D eigenvalue weighted by molar-refractivity contribution is 0.660. The van der Waals surface area contributed by atoms with Gasteiger partial charge in [-0.1, -0.05) is 129 Å². The number of hydrogen-bond acceptors (Lipinski definition) is 1. The molecule has 0 saturated carbocycles. The predicted octanol–water partition coefficient (Wildman–Crippen LogP) is 13.8. The minimum Gasteiger partial charge on any atom is -0.310 e. The van der Waals surface area contributed by atoms with Crippen LogP contribution in [-0.2, 0) is 11.8 Å². The first-order valence-corrected chi connectivity index (χ1v) is 19.0. The van der Waals surface area contributed by atoms with E-state index in [0.717, 1.165) is 12.1 Å². The highest BCUT2D eigenvalue weighted by Gasteiger charge is 2.36. The summed E-state index contributed by atoms with van der Waals surface area (Å²) < 4.78 is 2.38. The van der Waals surface area contributed by atoms with E-state index in [-0.39, 0.29) is 5.41 Å². The van der Waals surface area contributed by atoms with E-state index in [0.29, 0.717) is 0 Å². The van der Waals surface area contributed by atoms with Crippen molar-refractivity contribution in [2.45, 2.75) is 25.7 Å². The Morgan fingerprint density at radius 2 is 1.04 bits per heavy atom. The quantitative estimate of drug-likeness (QED) is 0.175. The summed E-state index contributed by atoms with van der Waals surface area (Å²) >= 11 is 0. The Morgan fingerprint density at radius 3 is 1.89 bits per heavy atom. The van der Waals surface area contributed by atoms with Gasteiger partial charge in [-0.15, -0.1) is 0 Å². The van der Waals surface area contributed by atoms with Crippen molar-refractivity contribution in [3.63, 3.8) is 0 Å². The highest BCUT2D eigenvalue weighted by atomic mass is 15.1. The van der Waals surface area contributed by atoms with Gasteiger partial charge in [-0.2, -0.15) is 0 Å². The Bertz CT molecular complexity index is 2930. The average molecular weight is 691 g/mol. The van der Waals surface area contributed by atoms with E-state index in [1.54, 1.807) is 0 Å². The molecule has 0 atom stereocenters. The molecule has 0 saturated heterocycles. The zero-order chi connectivity index (χ0) is 36.0. The summed E-state index contributed by atoms with van der Waals surface area (Å²) in [6.07, 6.45) is 0.960. The smallest absolute Gasteiger partial charge is 0.0541 e. The molecule has 1 aromatic heterocycles. The molecule has 2 aliphatic rings. The fraction of sp³-hybridized carbons (Fsp3) is 0.0769. The molecule has 2 nitrogen and oxygen atoms in total. The van der Waals surface area contributed by atoms with Crippen molar-refractivity contribution in [2.75, 3.05) is 4.90 Å². The lowest BCUT2D eigenvalue weighted by atomic mass is 9.82. The number of hydrogen-bond donors (Lipinski definition) is 0. The van der Waals surface area contributed by atoms with Crippen LogP contribution in [0.2, 0.25) is 0 Å². The maximum Gasteiger partial charge on any atom is 0.0541 e. The standard InChI is InChI=1S/C52H38N2/c1-52(2)48-18-10-8-16-44(48)45-28-26-41(33-49(45)52)53(40-25-27-43-37(31-40)30-36-12-6-7-15-42(36)43)39-23-20-34(21-24-39)35-22-29-51-47(32-35)46-17-9-11-19-50(46)54(51)38-13-4-3-5-14-38/h3-29,31-33H,30H2,1-2H3. The van der Waals surface area contributed by atoms with Crippen LogP contribution >= 0.6 is 0 Å². The van der Waals surface area contributed by atoms with Crippen molar-refractivity contribution in [1.29, 1.82) is 0 Å². The minimum atomic E-state index is -0.0840. The van der Waals surface area contributed by atoms with E-state index in [1.807, 2.05) is 0 Å². The second kappa shape index (κ2) is 11.7. The van der Waals surface area contributed by atoms with Crippen LogP contribution in [0.15, 0.2) is 182 Å². The third-order valence-electron chi connectivity index (χ3n) is 12.0. The van der Waals surface area contributed by atoms with Crippen molar-refractivity contribution in [2.24, 2.45) is 0 Å². The molecule has 0 radical (unpaired) electrons. The predicted molar refractivity (Wildman–Crippen MR) is 227 cm³/mol. The molecule has 0 spiro atoms. The number of fused-ring (bicyclic) bond motifs is 9. The van der Waals surface area contributed by atoms with E-state index in [9.17, 15) is 0 Å². The summed E-state index contributed by atoms with van der Waals surface area (Å²) in [5, 5.41) is 2.53. The summed E-state index contributed by atoms with van der Waals surface area (Å²) in [4.78, 5) is 2.45. The van der Waals surface area contributed by atoms with Crippen LogP contribution in [0.4, 0.5) is 17.1 Å². The van der Waals surface area contributed by atoms with Gasteiger partial charge in [0.1, 0.15) is 0 Å². The van der Waals surface area contributed by atoms with Crippen molar-refractivity contribution in [1.82, 2.24) is 4.57 Å². The Balaban J connectivity index is 1.03. The molecule has 9 aromatic rings. The fourth-order valence-electron chi connectivity index (χ4n) is 9.36. The molecule has 2 heteroatoms. The van der Waals surface area contributed by atoms with Gasteiger partial charge in [0.2, 0.25) is 0 Å². The third-order valence-corrected chi connectivity index (χ3v) is 12.0. The van der Waals surface area contributed by atoms with Gasteiger partial charge in [-0.3, -0.25) is 0 Å². The van der Waals surface area contributed by atoms with Crippen LogP contribution in [0.25, 0.3) is 60.9 Å². The summed E-state index contributed by atoms with van der Waals surface area (Å²) in [5.41, 5.74) is 20.4. The Hall–Kier alpha value is -6.64. The van der Waals surface area contributed by atoms with Crippen molar-refractivity contribution < 1.29 is 0 Å². The Labute approximate surface area is 316 Å². The molecule has 0 bridgehead atoms. The van der Waals surface area contributed by atoms with Gasteiger partial charge in [0.15, 0.2) is 0 Å². The first kappa shape index (κ1) is 30.9. The van der Waals surface area contributed by atoms with Crippen LogP contribution in [0.5, 0.6) is 0 Å². The Kier molecular flexibility index (Phi) is 6.69. The zero-order valence-corrected chi connectivity index (χ0v) is 30.4. The molecule has 2 aliphatic carbocycles. The molecule has 256 valence electrons. The monoisotopic (exact) mass is 690 g/mol. The van der Waals surface area contributed by atoms with Crippen LogP contribution in [0.1, 0.15) is 36.1 Å². The normalized spacial score (nSPS) is 13.4. The van der Waals surface area contributed by atoms with Crippen molar-refractivity contribution in [3.05, 3.63) is 204 Å². The third kappa shape index (κ3) is 4.60. The lowest BCUT2D eigenvalue weighted by Crippen LogP contribution is -2.16. The van der Waals surface area contributed by atoms with Crippen LogP contribution in [0, 0.1) is 0 Å². The SMILES string of the molecule is CC1(C)c2ccccc2-c2ccc(N(c3ccc(-c4ccc5c(c4)c4ccccc4n5-c4ccccc4)cc3)c3ccc4c(c3)Cc3ccccc3-4)cc21. The van der Waals surface area contributed by atoms with Gasteiger partial charge in [0, 0.05) is 38.9 Å². The fourth-order valence-corrected chi connectivity index (χ4v) is 9.36. The largest absolute Gasteiger partial charge is 0.310 e. The van der Waals surface area contributed by atoms with E-state index in [2.05, 4.69) is 205 Å². The highest BCUT2D eigenvalue weighted by Crippen LogP contribution is 2.51. The average Bonchev–Trinajstić information content (AvgIpc) is 3.83. The van der Waals surface area contributed by atoms with Crippen LogP contribution < -0.4 is 4.90 Å².